The molecule has 0 radical (unpaired) electrons. The van der Waals surface area contributed by atoms with Crippen LogP contribution in [0, 0.1) is 6.92 Å². The normalized spacial score (nSPS) is 10.2. The molecular weight excluding hydrogens is 248 g/mol. The molecule has 0 saturated carbocycles. The zero-order valence-corrected chi connectivity index (χ0v) is 10.4. The number of carbonyl (C=O) groups is 2. The molecule has 0 bridgehead atoms. The van der Waals surface area contributed by atoms with Crippen molar-refractivity contribution in [3.05, 3.63) is 35.6 Å². The number of nitrogens with zero attached hydrogens (tertiary/aromatic N) is 1. The predicted molar refractivity (Wildman–Crippen MR) is 67.9 cm³/mol. The third kappa shape index (κ3) is 2.62. The van der Waals surface area contributed by atoms with Crippen molar-refractivity contribution >= 4 is 17.6 Å². The molecule has 6 nitrogen and oxygen atoms in total. The van der Waals surface area contributed by atoms with Crippen LogP contribution in [0.2, 0.25) is 0 Å². The second kappa shape index (κ2) is 4.93. The van der Waals surface area contributed by atoms with Crippen molar-refractivity contribution in [2.24, 2.45) is 0 Å². The molecule has 0 unspecified atom stereocenters. The minimum absolute atomic E-state index is 0.154. The number of aromatic carboxylic acids is 1. The van der Waals surface area contributed by atoms with Crippen LogP contribution in [0.4, 0.5) is 5.69 Å². The number of aromatic nitrogens is 1. The third-order valence-corrected chi connectivity index (χ3v) is 2.60. The smallest absolute Gasteiger partial charge is 0.375 e. The number of amides is 1. The largest absolute Gasteiger partial charge is 0.475 e. The topological polar surface area (TPSA) is 92.4 Å². The van der Waals surface area contributed by atoms with Crippen LogP contribution in [0.3, 0.4) is 0 Å². The van der Waals surface area contributed by atoms with E-state index in [1.807, 2.05) is 0 Å². The summed E-state index contributed by atoms with van der Waals surface area (Å²) in [4.78, 5) is 21.8. The summed E-state index contributed by atoms with van der Waals surface area (Å²) in [6.45, 7) is 3.06. The van der Waals surface area contributed by atoms with Gasteiger partial charge in [0.05, 0.1) is 0 Å². The summed E-state index contributed by atoms with van der Waals surface area (Å²) in [5, 5.41) is 15.3. The fourth-order valence-electron chi connectivity index (χ4n) is 1.72. The van der Waals surface area contributed by atoms with Crippen LogP contribution in [0.25, 0.3) is 11.3 Å². The van der Waals surface area contributed by atoms with Crippen LogP contribution in [0.5, 0.6) is 0 Å². The monoisotopic (exact) mass is 260 g/mol. The molecule has 2 aromatic rings. The summed E-state index contributed by atoms with van der Waals surface area (Å²) in [7, 11) is 0. The van der Waals surface area contributed by atoms with Gasteiger partial charge in [0, 0.05) is 23.7 Å². The minimum atomic E-state index is -1.15. The Kier molecular flexibility index (Phi) is 3.33. The van der Waals surface area contributed by atoms with Gasteiger partial charge in [-0.05, 0) is 19.1 Å². The van der Waals surface area contributed by atoms with Crippen LogP contribution >= 0.6 is 0 Å². The molecule has 0 spiro atoms. The van der Waals surface area contributed by atoms with E-state index in [1.165, 1.54) is 6.92 Å². The number of carboxylic acids is 1. The first-order chi connectivity index (χ1) is 8.99. The second-order valence-corrected chi connectivity index (χ2v) is 4.05. The van der Waals surface area contributed by atoms with E-state index in [4.69, 9.17) is 9.63 Å². The molecule has 2 N–H and O–H groups in total. The Balaban J connectivity index is 2.32. The number of anilines is 1. The molecule has 0 atom stereocenters. The van der Waals surface area contributed by atoms with E-state index in [2.05, 4.69) is 10.5 Å². The van der Waals surface area contributed by atoms with Crippen LogP contribution in [-0.2, 0) is 4.79 Å². The van der Waals surface area contributed by atoms with E-state index in [1.54, 1.807) is 31.2 Å². The summed E-state index contributed by atoms with van der Waals surface area (Å²) < 4.78 is 4.79. The molecular formula is C13H12N2O4. The maximum absolute atomic E-state index is 10.9. The Morgan fingerprint density at radius 2 is 1.89 bits per heavy atom. The number of benzene rings is 1. The van der Waals surface area contributed by atoms with E-state index >= 15 is 0 Å². The van der Waals surface area contributed by atoms with Gasteiger partial charge in [-0.1, -0.05) is 17.3 Å². The maximum atomic E-state index is 10.9. The number of carboxylic acid groups (broad SMARTS) is 1. The Hall–Kier alpha value is -2.63. The van der Waals surface area contributed by atoms with Gasteiger partial charge in [0.15, 0.2) is 0 Å². The second-order valence-electron chi connectivity index (χ2n) is 4.05. The summed E-state index contributed by atoms with van der Waals surface area (Å²) in [6, 6.07) is 6.90. The lowest BCUT2D eigenvalue weighted by Crippen LogP contribution is -2.05. The highest BCUT2D eigenvalue weighted by molar-refractivity contribution is 5.90. The van der Waals surface area contributed by atoms with Gasteiger partial charge in [-0.25, -0.2) is 4.79 Å². The van der Waals surface area contributed by atoms with Crippen molar-refractivity contribution < 1.29 is 19.2 Å². The average molecular weight is 260 g/mol. The molecule has 1 heterocycles. The molecule has 0 aliphatic rings. The van der Waals surface area contributed by atoms with Crippen molar-refractivity contribution in [3.63, 3.8) is 0 Å². The first kappa shape index (κ1) is 12.8. The Labute approximate surface area is 109 Å². The van der Waals surface area contributed by atoms with Crippen molar-refractivity contribution in [1.82, 2.24) is 5.16 Å². The molecule has 19 heavy (non-hydrogen) atoms. The molecule has 6 heteroatoms. The lowest BCUT2D eigenvalue weighted by atomic mass is 10.1. The number of hydrogen-bond acceptors (Lipinski definition) is 4. The highest BCUT2D eigenvalue weighted by atomic mass is 16.5. The van der Waals surface area contributed by atoms with Crippen molar-refractivity contribution in [3.8, 4) is 11.3 Å². The van der Waals surface area contributed by atoms with Crippen LogP contribution in [-0.4, -0.2) is 22.1 Å². The molecule has 1 aromatic carbocycles. The predicted octanol–water partition coefficient (Wildman–Crippen LogP) is 2.31. The third-order valence-electron chi connectivity index (χ3n) is 2.60. The van der Waals surface area contributed by atoms with Crippen molar-refractivity contribution in [2.75, 3.05) is 5.32 Å². The van der Waals surface area contributed by atoms with E-state index in [-0.39, 0.29) is 11.7 Å². The number of hydrogen-bond donors (Lipinski definition) is 2. The van der Waals surface area contributed by atoms with Gasteiger partial charge in [-0.2, -0.15) is 0 Å². The van der Waals surface area contributed by atoms with Gasteiger partial charge < -0.3 is 14.9 Å². The summed E-state index contributed by atoms with van der Waals surface area (Å²) in [6.07, 6.45) is 0. The zero-order chi connectivity index (χ0) is 14.0. The van der Waals surface area contributed by atoms with Gasteiger partial charge >= 0.3 is 5.97 Å². The SMILES string of the molecule is CC(=O)Nc1ccc(-c2noc(C(=O)O)c2C)cc1. The van der Waals surface area contributed by atoms with Gasteiger partial charge in [-0.3, -0.25) is 4.79 Å². The average Bonchev–Trinajstić information content (AvgIpc) is 2.71. The Bertz CT molecular complexity index is 629. The lowest BCUT2D eigenvalue weighted by molar-refractivity contribution is -0.114. The fraction of sp³-hybridized carbons (Fsp3) is 0.154. The molecule has 0 saturated heterocycles. The van der Waals surface area contributed by atoms with Crippen molar-refractivity contribution in [1.29, 1.82) is 0 Å². The van der Waals surface area contributed by atoms with Gasteiger partial charge in [0.2, 0.25) is 11.7 Å². The highest BCUT2D eigenvalue weighted by Crippen LogP contribution is 2.25. The molecule has 1 aromatic heterocycles. The number of carbonyl (C=O) groups excluding carboxylic acids is 1. The van der Waals surface area contributed by atoms with Crippen LogP contribution in [0.1, 0.15) is 23.0 Å². The molecule has 0 aliphatic heterocycles. The van der Waals surface area contributed by atoms with Crippen LogP contribution in [0.15, 0.2) is 28.8 Å². The zero-order valence-electron chi connectivity index (χ0n) is 10.4. The first-order valence-corrected chi connectivity index (χ1v) is 5.56. The minimum Gasteiger partial charge on any atom is -0.475 e. The fourth-order valence-corrected chi connectivity index (χ4v) is 1.72. The number of rotatable bonds is 3. The van der Waals surface area contributed by atoms with Crippen LogP contribution < -0.4 is 5.32 Å². The van der Waals surface area contributed by atoms with E-state index in [9.17, 15) is 9.59 Å². The standard InChI is InChI=1S/C13H12N2O4/c1-7-11(15-19-12(7)13(17)18)9-3-5-10(6-4-9)14-8(2)16/h3-6H,1-2H3,(H,14,16)(H,17,18). The van der Waals surface area contributed by atoms with Gasteiger partial charge in [0.1, 0.15) is 5.69 Å². The van der Waals surface area contributed by atoms with Crippen molar-refractivity contribution in [2.45, 2.75) is 13.8 Å². The van der Waals surface area contributed by atoms with Gasteiger partial charge in [0.25, 0.3) is 0 Å². The summed E-state index contributed by atoms with van der Waals surface area (Å²) in [5.41, 5.74) is 2.34. The van der Waals surface area contributed by atoms with E-state index in [0.29, 0.717) is 16.9 Å². The first-order valence-electron chi connectivity index (χ1n) is 5.56. The Morgan fingerprint density at radius 1 is 1.26 bits per heavy atom. The maximum Gasteiger partial charge on any atom is 0.375 e. The van der Waals surface area contributed by atoms with Gasteiger partial charge in [-0.15, -0.1) is 0 Å². The number of nitrogens with one attached hydrogen (secondary N) is 1. The quantitative estimate of drug-likeness (QED) is 0.883. The van der Waals surface area contributed by atoms with E-state index in [0.717, 1.165) is 5.56 Å². The Morgan fingerprint density at radius 3 is 2.37 bits per heavy atom. The molecule has 98 valence electrons. The summed E-state index contributed by atoms with van der Waals surface area (Å²) >= 11 is 0. The van der Waals surface area contributed by atoms with E-state index < -0.39 is 5.97 Å². The molecule has 2 rings (SSSR count). The summed E-state index contributed by atoms with van der Waals surface area (Å²) in [5.74, 6) is -1.47. The molecule has 1 amide bonds. The lowest BCUT2D eigenvalue weighted by Gasteiger charge is -2.03. The highest BCUT2D eigenvalue weighted by Gasteiger charge is 2.18. The molecule has 0 fully saturated rings. The molecule has 0 aliphatic carbocycles.